The van der Waals surface area contributed by atoms with Gasteiger partial charge in [-0.05, 0) is 37.5 Å². The van der Waals surface area contributed by atoms with Gasteiger partial charge in [-0.1, -0.05) is 18.2 Å². The Kier molecular flexibility index (Phi) is 6.21. The number of carbonyl (C=O) groups excluding carboxylic acids is 1. The van der Waals surface area contributed by atoms with E-state index in [1.54, 1.807) is 6.07 Å². The number of nitro benzene ring substituents is 1. The Balaban J connectivity index is 1.65. The molecule has 2 aromatic carbocycles. The number of hydrogen-bond acceptors (Lipinski definition) is 6. The number of hydrazone groups is 1. The third-order valence-corrected chi connectivity index (χ3v) is 4.65. The van der Waals surface area contributed by atoms with Gasteiger partial charge in [-0.2, -0.15) is 5.10 Å². The molecule has 0 bridgehead atoms. The maximum absolute atomic E-state index is 12.0. The molecular formula is C20H23N5O3. The van der Waals surface area contributed by atoms with Crippen molar-refractivity contribution in [1.82, 2.24) is 5.43 Å². The first-order valence-corrected chi connectivity index (χ1v) is 9.19. The summed E-state index contributed by atoms with van der Waals surface area (Å²) in [6.07, 6.45) is 3.65. The van der Waals surface area contributed by atoms with Gasteiger partial charge in [-0.25, -0.2) is 5.43 Å². The van der Waals surface area contributed by atoms with Gasteiger partial charge < -0.3 is 10.2 Å². The summed E-state index contributed by atoms with van der Waals surface area (Å²) < 4.78 is 0. The summed E-state index contributed by atoms with van der Waals surface area (Å²) in [5.41, 5.74) is 5.90. The summed E-state index contributed by atoms with van der Waals surface area (Å²) in [5.74, 6) is -0.298. The van der Waals surface area contributed by atoms with Crippen LogP contribution in [0.1, 0.15) is 24.0 Å². The van der Waals surface area contributed by atoms with Gasteiger partial charge in [-0.15, -0.1) is 0 Å². The molecule has 8 heteroatoms. The lowest BCUT2D eigenvalue weighted by molar-refractivity contribution is -0.384. The van der Waals surface area contributed by atoms with E-state index in [-0.39, 0.29) is 18.1 Å². The number of para-hydroxylation sites is 1. The minimum atomic E-state index is -0.435. The van der Waals surface area contributed by atoms with Crippen molar-refractivity contribution in [3.8, 4) is 0 Å². The van der Waals surface area contributed by atoms with Crippen LogP contribution < -0.4 is 15.6 Å². The summed E-state index contributed by atoms with van der Waals surface area (Å²) in [6, 6.07) is 12.4. The van der Waals surface area contributed by atoms with Crippen LogP contribution >= 0.6 is 0 Å². The van der Waals surface area contributed by atoms with Crippen LogP contribution in [0.3, 0.4) is 0 Å². The van der Waals surface area contributed by atoms with Crippen molar-refractivity contribution in [2.24, 2.45) is 5.10 Å². The molecule has 8 nitrogen and oxygen atoms in total. The molecule has 0 saturated carbocycles. The molecule has 0 aromatic heterocycles. The van der Waals surface area contributed by atoms with Crippen LogP contribution in [-0.4, -0.2) is 36.7 Å². The number of rotatable bonds is 7. The minimum Gasteiger partial charge on any atom is -0.376 e. The summed E-state index contributed by atoms with van der Waals surface area (Å²) in [5, 5.41) is 18.1. The SMILES string of the molecule is Cc1ccccc1NCC(=O)N/N=C/c1cc([N+](=O)[O-])ccc1N1CCCC1. The normalized spacial score (nSPS) is 13.7. The number of non-ortho nitro benzene ring substituents is 1. The maximum atomic E-state index is 12.0. The van der Waals surface area contributed by atoms with E-state index in [4.69, 9.17) is 0 Å². The van der Waals surface area contributed by atoms with Crippen LogP contribution in [0.15, 0.2) is 47.6 Å². The molecule has 1 heterocycles. The van der Waals surface area contributed by atoms with E-state index in [1.807, 2.05) is 31.2 Å². The van der Waals surface area contributed by atoms with Gasteiger partial charge in [0.25, 0.3) is 11.6 Å². The van der Waals surface area contributed by atoms with Gasteiger partial charge in [0.1, 0.15) is 0 Å². The van der Waals surface area contributed by atoms with Gasteiger partial charge in [0.15, 0.2) is 0 Å². The molecule has 28 heavy (non-hydrogen) atoms. The van der Waals surface area contributed by atoms with E-state index >= 15 is 0 Å². The number of aryl methyl sites for hydroxylation is 1. The summed E-state index contributed by atoms with van der Waals surface area (Å²) in [4.78, 5) is 24.9. The summed E-state index contributed by atoms with van der Waals surface area (Å²) in [7, 11) is 0. The lowest BCUT2D eigenvalue weighted by atomic mass is 10.1. The highest BCUT2D eigenvalue weighted by atomic mass is 16.6. The molecule has 1 aliphatic rings. The van der Waals surface area contributed by atoms with Crippen molar-refractivity contribution in [2.45, 2.75) is 19.8 Å². The third-order valence-electron chi connectivity index (χ3n) is 4.65. The molecule has 0 aliphatic carbocycles. The highest BCUT2D eigenvalue weighted by molar-refractivity contribution is 5.90. The molecular weight excluding hydrogens is 358 g/mol. The molecule has 2 aromatic rings. The lowest BCUT2D eigenvalue weighted by Crippen LogP contribution is -2.26. The predicted molar refractivity (Wildman–Crippen MR) is 110 cm³/mol. The number of nitrogens with zero attached hydrogens (tertiary/aromatic N) is 3. The average Bonchev–Trinajstić information content (AvgIpc) is 3.22. The van der Waals surface area contributed by atoms with E-state index in [9.17, 15) is 14.9 Å². The van der Waals surface area contributed by atoms with Crippen molar-refractivity contribution in [3.63, 3.8) is 0 Å². The molecule has 0 unspecified atom stereocenters. The Morgan fingerprint density at radius 2 is 2.00 bits per heavy atom. The van der Waals surface area contributed by atoms with Crippen LogP contribution in [0.4, 0.5) is 17.1 Å². The maximum Gasteiger partial charge on any atom is 0.270 e. The monoisotopic (exact) mass is 381 g/mol. The van der Waals surface area contributed by atoms with E-state index < -0.39 is 4.92 Å². The third kappa shape index (κ3) is 4.85. The van der Waals surface area contributed by atoms with E-state index in [1.165, 1.54) is 18.3 Å². The number of benzene rings is 2. The summed E-state index contributed by atoms with van der Waals surface area (Å²) in [6.45, 7) is 3.85. The van der Waals surface area contributed by atoms with Gasteiger partial charge in [0, 0.05) is 42.2 Å². The number of carbonyl (C=O) groups is 1. The first-order valence-electron chi connectivity index (χ1n) is 9.19. The van der Waals surface area contributed by atoms with E-state index in [0.29, 0.717) is 5.56 Å². The van der Waals surface area contributed by atoms with E-state index in [2.05, 4.69) is 20.7 Å². The number of nitrogens with one attached hydrogen (secondary N) is 2. The molecule has 0 atom stereocenters. The molecule has 2 N–H and O–H groups in total. The smallest absolute Gasteiger partial charge is 0.270 e. The fourth-order valence-electron chi connectivity index (χ4n) is 3.16. The summed E-state index contributed by atoms with van der Waals surface area (Å²) >= 11 is 0. The first-order chi connectivity index (χ1) is 13.5. The Morgan fingerprint density at radius 1 is 1.25 bits per heavy atom. The quantitative estimate of drug-likeness (QED) is 0.436. The zero-order valence-corrected chi connectivity index (χ0v) is 15.7. The minimum absolute atomic E-state index is 0.00283. The van der Waals surface area contributed by atoms with Crippen molar-refractivity contribution < 1.29 is 9.72 Å². The fourth-order valence-corrected chi connectivity index (χ4v) is 3.16. The highest BCUT2D eigenvalue weighted by Crippen LogP contribution is 2.27. The standard InChI is InChI=1S/C20H23N5O3/c1-15-6-2-3-7-18(15)21-14-20(26)23-22-13-16-12-17(25(27)28)8-9-19(16)24-10-4-5-11-24/h2-3,6-9,12-13,21H,4-5,10-11,14H2,1H3,(H,23,26)/b22-13+. The van der Waals surface area contributed by atoms with Crippen LogP contribution in [0, 0.1) is 17.0 Å². The molecule has 1 aliphatic heterocycles. The highest BCUT2D eigenvalue weighted by Gasteiger charge is 2.17. The second kappa shape index (κ2) is 8.98. The topological polar surface area (TPSA) is 99.9 Å². The molecule has 1 saturated heterocycles. The Labute approximate surface area is 163 Å². The Hall–Kier alpha value is -3.42. The molecule has 0 radical (unpaired) electrons. The van der Waals surface area contributed by atoms with Gasteiger partial charge >= 0.3 is 0 Å². The van der Waals surface area contributed by atoms with Crippen LogP contribution in [0.5, 0.6) is 0 Å². The Morgan fingerprint density at radius 3 is 2.71 bits per heavy atom. The van der Waals surface area contributed by atoms with Crippen molar-refractivity contribution >= 4 is 29.2 Å². The van der Waals surface area contributed by atoms with Crippen LogP contribution in [0.25, 0.3) is 0 Å². The lowest BCUT2D eigenvalue weighted by Gasteiger charge is -2.19. The number of nitro groups is 1. The van der Waals surface area contributed by atoms with Gasteiger partial charge in [-0.3, -0.25) is 14.9 Å². The number of amides is 1. The van der Waals surface area contributed by atoms with Crippen molar-refractivity contribution in [1.29, 1.82) is 0 Å². The first kappa shape index (κ1) is 19.3. The molecule has 1 fully saturated rings. The molecule has 3 rings (SSSR count). The zero-order chi connectivity index (χ0) is 19.9. The second-order valence-corrected chi connectivity index (χ2v) is 6.66. The van der Waals surface area contributed by atoms with Crippen molar-refractivity contribution in [2.75, 3.05) is 29.9 Å². The van der Waals surface area contributed by atoms with E-state index in [0.717, 1.165) is 42.9 Å². The number of hydrogen-bond donors (Lipinski definition) is 2. The number of anilines is 2. The van der Waals surface area contributed by atoms with Crippen molar-refractivity contribution in [3.05, 3.63) is 63.7 Å². The van der Waals surface area contributed by atoms with Gasteiger partial charge in [0.2, 0.25) is 0 Å². The average molecular weight is 381 g/mol. The van der Waals surface area contributed by atoms with Crippen LogP contribution in [0.2, 0.25) is 0 Å². The molecule has 0 spiro atoms. The predicted octanol–water partition coefficient (Wildman–Crippen LogP) is 3.07. The Bertz CT molecular complexity index is 891. The fraction of sp³-hybridized carbons (Fsp3) is 0.300. The molecule has 146 valence electrons. The van der Waals surface area contributed by atoms with Crippen LogP contribution in [-0.2, 0) is 4.79 Å². The second-order valence-electron chi connectivity index (χ2n) is 6.66. The van der Waals surface area contributed by atoms with Gasteiger partial charge in [0.05, 0.1) is 17.7 Å². The largest absolute Gasteiger partial charge is 0.376 e. The zero-order valence-electron chi connectivity index (χ0n) is 15.7. The molecule has 1 amide bonds.